The van der Waals surface area contributed by atoms with Crippen molar-refractivity contribution in [2.24, 2.45) is 0 Å². The van der Waals surface area contributed by atoms with Gasteiger partial charge in [0.25, 0.3) is 0 Å². The van der Waals surface area contributed by atoms with E-state index in [2.05, 4.69) is 9.88 Å². The van der Waals surface area contributed by atoms with Gasteiger partial charge in [0.15, 0.2) is 5.78 Å². The van der Waals surface area contributed by atoms with Crippen molar-refractivity contribution in [1.29, 1.82) is 0 Å². The van der Waals surface area contributed by atoms with E-state index in [0.717, 1.165) is 18.7 Å². The number of aromatic hydroxyl groups is 1. The molecular formula is C16H18N2O2. The van der Waals surface area contributed by atoms with Crippen LogP contribution < -0.4 is 0 Å². The zero-order chi connectivity index (χ0) is 14.4. The molecule has 0 unspecified atom stereocenters. The summed E-state index contributed by atoms with van der Waals surface area (Å²) in [4.78, 5) is 18.2. The van der Waals surface area contributed by atoms with Gasteiger partial charge < -0.3 is 5.11 Å². The number of nitrogens with zero attached hydrogens (tertiary/aromatic N) is 2. The highest BCUT2D eigenvalue weighted by Gasteiger charge is 2.11. The lowest BCUT2D eigenvalue weighted by Crippen LogP contribution is -2.29. The first-order chi connectivity index (χ1) is 9.69. The zero-order valence-corrected chi connectivity index (χ0v) is 11.5. The standard InChI is InChI=1S/C16H18N2O2/c1-2-18(11-13-7-9-17-10-8-13)12-16(20)14-3-5-15(19)6-4-14/h3-10,19H,2,11-12H2,1H3. The van der Waals surface area contributed by atoms with Crippen LogP contribution in [-0.4, -0.2) is 33.9 Å². The van der Waals surface area contributed by atoms with Crippen LogP contribution in [0.4, 0.5) is 0 Å². The van der Waals surface area contributed by atoms with E-state index in [0.29, 0.717) is 12.1 Å². The summed E-state index contributed by atoms with van der Waals surface area (Å²) in [6.45, 7) is 3.92. The van der Waals surface area contributed by atoms with Crippen LogP contribution in [0.1, 0.15) is 22.8 Å². The number of phenolic OH excluding ortho intramolecular Hbond substituents is 1. The maximum atomic E-state index is 12.2. The fourth-order valence-corrected chi connectivity index (χ4v) is 1.97. The van der Waals surface area contributed by atoms with Crippen LogP contribution in [0.3, 0.4) is 0 Å². The molecule has 4 nitrogen and oxygen atoms in total. The average molecular weight is 270 g/mol. The Hall–Kier alpha value is -2.20. The van der Waals surface area contributed by atoms with Crippen molar-refractivity contribution in [3.05, 3.63) is 59.9 Å². The molecule has 0 atom stereocenters. The van der Waals surface area contributed by atoms with Gasteiger partial charge in [-0.25, -0.2) is 0 Å². The molecule has 0 fully saturated rings. The van der Waals surface area contributed by atoms with E-state index in [-0.39, 0.29) is 11.5 Å². The van der Waals surface area contributed by atoms with Crippen LogP contribution in [-0.2, 0) is 6.54 Å². The number of aromatic nitrogens is 1. The van der Waals surface area contributed by atoms with Crippen molar-refractivity contribution < 1.29 is 9.90 Å². The molecule has 1 N–H and O–H groups in total. The Balaban J connectivity index is 1.99. The van der Waals surface area contributed by atoms with Crippen molar-refractivity contribution in [2.75, 3.05) is 13.1 Å². The maximum absolute atomic E-state index is 12.2. The van der Waals surface area contributed by atoms with E-state index in [1.807, 2.05) is 19.1 Å². The maximum Gasteiger partial charge on any atom is 0.176 e. The summed E-state index contributed by atoms with van der Waals surface area (Å²) in [6, 6.07) is 10.3. The molecule has 0 aliphatic carbocycles. The molecule has 0 saturated heterocycles. The quantitative estimate of drug-likeness (QED) is 0.819. The highest BCUT2D eigenvalue weighted by Crippen LogP contribution is 2.11. The van der Waals surface area contributed by atoms with E-state index in [1.165, 1.54) is 12.1 Å². The first-order valence-electron chi connectivity index (χ1n) is 6.62. The highest BCUT2D eigenvalue weighted by atomic mass is 16.3. The fraction of sp³-hybridized carbons (Fsp3) is 0.250. The molecule has 0 amide bonds. The summed E-state index contributed by atoms with van der Waals surface area (Å²) < 4.78 is 0. The topological polar surface area (TPSA) is 53.4 Å². The number of likely N-dealkylation sites (N-methyl/N-ethyl adjacent to an activating group) is 1. The Morgan fingerprint density at radius 2 is 1.80 bits per heavy atom. The van der Waals surface area contributed by atoms with Crippen LogP contribution >= 0.6 is 0 Å². The molecule has 0 aliphatic rings. The number of carbonyl (C=O) groups excluding carboxylic acids is 1. The summed E-state index contributed by atoms with van der Waals surface area (Å²) in [7, 11) is 0. The second-order valence-electron chi connectivity index (χ2n) is 4.63. The van der Waals surface area contributed by atoms with Gasteiger partial charge in [0, 0.05) is 24.5 Å². The summed E-state index contributed by atoms with van der Waals surface area (Å²) in [5.74, 6) is 0.228. The third-order valence-electron chi connectivity index (χ3n) is 3.16. The van der Waals surface area contributed by atoms with Gasteiger partial charge in [-0.3, -0.25) is 14.7 Å². The summed E-state index contributed by atoms with van der Waals surface area (Å²) in [5, 5.41) is 9.23. The Bertz CT molecular complexity index is 552. The first kappa shape index (κ1) is 14.2. The Morgan fingerprint density at radius 3 is 2.40 bits per heavy atom. The van der Waals surface area contributed by atoms with Gasteiger partial charge in [0.1, 0.15) is 5.75 Å². The Kier molecular flexibility index (Phi) is 4.85. The summed E-state index contributed by atoms with van der Waals surface area (Å²) >= 11 is 0. The molecule has 1 heterocycles. The van der Waals surface area contributed by atoms with Gasteiger partial charge in [0.05, 0.1) is 6.54 Å². The minimum Gasteiger partial charge on any atom is -0.508 e. The molecule has 2 rings (SSSR count). The number of rotatable bonds is 6. The van der Waals surface area contributed by atoms with Crippen LogP contribution in [0.2, 0.25) is 0 Å². The molecule has 0 radical (unpaired) electrons. The number of Topliss-reactive ketones (excluding diaryl/α,β-unsaturated/α-hetero) is 1. The van der Waals surface area contributed by atoms with Gasteiger partial charge in [-0.1, -0.05) is 6.92 Å². The smallest absolute Gasteiger partial charge is 0.176 e. The van der Waals surface area contributed by atoms with Crippen LogP contribution in [0.5, 0.6) is 5.75 Å². The first-order valence-corrected chi connectivity index (χ1v) is 6.62. The number of phenols is 1. The predicted octanol–water partition coefficient (Wildman–Crippen LogP) is 2.49. The molecule has 20 heavy (non-hydrogen) atoms. The molecular weight excluding hydrogens is 252 g/mol. The SMILES string of the molecule is CCN(CC(=O)c1ccc(O)cc1)Cc1ccncc1. The van der Waals surface area contributed by atoms with Crippen LogP contribution in [0.25, 0.3) is 0 Å². The zero-order valence-electron chi connectivity index (χ0n) is 11.5. The van der Waals surface area contributed by atoms with E-state index in [4.69, 9.17) is 0 Å². The van der Waals surface area contributed by atoms with Gasteiger partial charge in [0.2, 0.25) is 0 Å². The molecule has 0 saturated carbocycles. The highest BCUT2D eigenvalue weighted by molar-refractivity contribution is 5.97. The minimum atomic E-state index is 0.0564. The van der Waals surface area contributed by atoms with Gasteiger partial charge >= 0.3 is 0 Å². The number of hydrogen-bond acceptors (Lipinski definition) is 4. The number of ketones is 1. The normalized spacial score (nSPS) is 10.7. The fourth-order valence-electron chi connectivity index (χ4n) is 1.97. The van der Waals surface area contributed by atoms with Crippen molar-refractivity contribution >= 4 is 5.78 Å². The molecule has 0 aliphatic heterocycles. The van der Waals surface area contributed by atoms with Crippen molar-refractivity contribution in [1.82, 2.24) is 9.88 Å². The van der Waals surface area contributed by atoms with E-state index in [9.17, 15) is 9.90 Å². The Labute approximate surface area is 118 Å². The summed E-state index contributed by atoms with van der Waals surface area (Å²) in [6.07, 6.45) is 3.51. The number of carbonyl (C=O) groups is 1. The van der Waals surface area contributed by atoms with E-state index >= 15 is 0 Å². The lowest BCUT2D eigenvalue weighted by Gasteiger charge is -2.19. The number of hydrogen-bond donors (Lipinski definition) is 1. The van der Waals surface area contributed by atoms with Gasteiger partial charge in [-0.2, -0.15) is 0 Å². The predicted molar refractivity (Wildman–Crippen MR) is 77.6 cm³/mol. The number of pyridine rings is 1. The van der Waals surface area contributed by atoms with E-state index < -0.39 is 0 Å². The third-order valence-corrected chi connectivity index (χ3v) is 3.16. The lowest BCUT2D eigenvalue weighted by molar-refractivity contribution is 0.0929. The van der Waals surface area contributed by atoms with Crippen molar-refractivity contribution in [3.8, 4) is 5.75 Å². The Morgan fingerprint density at radius 1 is 1.15 bits per heavy atom. The second kappa shape index (κ2) is 6.82. The lowest BCUT2D eigenvalue weighted by atomic mass is 10.1. The van der Waals surface area contributed by atoms with Crippen LogP contribution in [0, 0.1) is 0 Å². The van der Waals surface area contributed by atoms with E-state index in [1.54, 1.807) is 24.5 Å². The second-order valence-corrected chi connectivity index (χ2v) is 4.63. The molecule has 0 spiro atoms. The van der Waals surface area contributed by atoms with Crippen LogP contribution in [0.15, 0.2) is 48.8 Å². The third kappa shape index (κ3) is 3.90. The molecule has 0 bridgehead atoms. The number of benzene rings is 1. The monoisotopic (exact) mass is 270 g/mol. The van der Waals surface area contributed by atoms with Crippen molar-refractivity contribution in [3.63, 3.8) is 0 Å². The minimum absolute atomic E-state index is 0.0564. The molecule has 104 valence electrons. The molecule has 2 aromatic rings. The van der Waals surface area contributed by atoms with Crippen molar-refractivity contribution in [2.45, 2.75) is 13.5 Å². The largest absolute Gasteiger partial charge is 0.508 e. The molecule has 1 aromatic heterocycles. The molecule has 1 aromatic carbocycles. The van der Waals surface area contributed by atoms with Gasteiger partial charge in [-0.05, 0) is 48.5 Å². The van der Waals surface area contributed by atoms with Gasteiger partial charge in [-0.15, -0.1) is 0 Å². The molecule has 4 heteroatoms. The summed E-state index contributed by atoms with van der Waals surface area (Å²) in [5.41, 5.74) is 1.76. The average Bonchev–Trinajstić information content (AvgIpc) is 2.48.